The highest BCUT2D eigenvalue weighted by Gasteiger charge is 2.27. The molecule has 3 rings (SSSR count). The molecule has 1 atom stereocenters. The number of benzene rings is 1. The number of rotatable bonds is 7. The third-order valence-corrected chi connectivity index (χ3v) is 5.29. The number of carbonyl (C=O) groups excluding carboxylic acids is 2. The van der Waals surface area contributed by atoms with E-state index in [9.17, 15) is 9.59 Å². The zero-order chi connectivity index (χ0) is 20.1. The van der Waals surface area contributed by atoms with Crippen molar-refractivity contribution in [2.24, 2.45) is 5.73 Å². The number of primary amides is 1. The molecule has 0 radical (unpaired) electrons. The predicted molar refractivity (Wildman–Crippen MR) is 109 cm³/mol. The number of hydrogen-bond acceptors (Lipinski definition) is 4. The first-order valence-corrected chi connectivity index (χ1v) is 9.77. The van der Waals surface area contributed by atoms with Crippen LogP contribution in [0.4, 0.5) is 5.69 Å². The average Bonchev–Trinajstić information content (AvgIpc) is 3.14. The van der Waals surface area contributed by atoms with Crippen LogP contribution in [0.25, 0.3) is 0 Å². The maximum absolute atomic E-state index is 12.7. The van der Waals surface area contributed by atoms with E-state index < -0.39 is 0 Å². The molecule has 1 fully saturated rings. The summed E-state index contributed by atoms with van der Waals surface area (Å²) < 4.78 is 1.80. The standard InChI is InChI=1S/C21H29N5O2/c1-24(2)18-8-5-16(6-9-18)7-10-20(28)25-12-3-4-17(14-25)21-23-11-13-26(21)15-19(22)27/h5-6,8-9,11,13,17H,3-4,7,10,12,14-15H2,1-2H3,(H2,22,27)/t17-/m1/s1. The minimum atomic E-state index is -0.386. The fourth-order valence-corrected chi connectivity index (χ4v) is 3.77. The first-order chi connectivity index (χ1) is 13.4. The summed E-state index contributed by atoms with van der Waals surface area (Å²) in [7, 11) is 4.03. The molecular formula is C21H29N5O2. The monoisotopic (exact) mass is 383 g/mol. The Morgan fingerprint density at radius 2 is 2.00 bits per heavy atom. The van der Waals surface area contributed by atoms with Crippen molar-refractivity contribution in [3.8, 4) is 0 Å². The summed E-state index contributed by atoms with van der Waals surface area (Å²) in [5, 5.41) is 0. The summed E-state index contributed by atoms with van der Waals surface area (Å²) in [6.07, 6.45) is 6.62. The van der Waals surface area contributed by atoms with Gasteiger partial charge in [0.05, 0.1) is 0 Å². The molecule has 28 heavy (non-hydrogen) atoms. The van der Waals surface area contributed by atoms with Gasteiger partial charge in [-0.05, 0) is 37.0 Å². The lowest BCUT2D eigenvalue weighted by atomic mass is 9.96. The Morgan fingerprint density at radius 3 is 2.68 bits per heavy atom. The number of hydrogen-bond donors (Lipinski definition) is 1. The van der Waals surface area contributed by atoms with Gasteiger partial charge in [0.1, 0.15) is 12.4 Å². The highest BCUT2D eigenvalue weighted by molar-refractivity contribution is 5.76. The topological polar surface area (TPSA) is 84.5 Å². The van der Waals surface area contributed by atoms with E-state index in [0.717, 1.165) is 37.3 Å². The molecule has 2 heterocycles. The van der Waals surface area contributed by atoms with Crippen molar-refractivity contribution >= 4 is 17.5 Å². The molecule has 1 aromatic carbocycles. The minimum Gasteiger partial charge on any atom is -0.378 e. The zero-order valence-corrected chi connectivity index (χ0v) is 16.7. The van der Waals surface area contributed by atoms with Crippen LogP contribution in [0.3, 0.4) is 0 Å². The van der Waals surface area contributed by atoms with E-state index >= 15 is 0 Å². The van der Waals surface area contributed by atoms with Gasteiger partial charge in [0.2, 0.25) is 11.8 Å². The summed E-state index contributed by atoms with van der Waals surface area (Å²) >= 11 is 0. The molecule has 1 aliphatic heterocycles. The molecule has 150 valence electrons. The Balaban J connectivity index is 1.57. The molecule has 0 spiro atoms. The molecule has 2 N–H and O–H groups in total. The molecule has 2 aromatic rings. The smallest absolute Gasteiger partial charge is 0.237 e. The van der Waals surface area contributed by atoms with E-state index in [2.05, 4.69) is 34.1 Å². The minimum absolute atomic E-state index is 0.128. The number of carbonyl (C=O) groups is 2. The molecule has 1 aromatic heterocycles. The summed E-state index contributed by atoms with van der Waals surface area (Å²) in [5.41, 5.74) is 7.65. The van der Waals surface area contributed by atoms with Crippen molar-refractivity contribution in [1.29, 1.82) is 0 Å². The number of imidazole rings is 1. The lowest BCUT2D eigenvalue weighted by Gasteiger charge is -2.32. The molecule has 0 bridgehead atoms. The van der Waals surface area contributed by atoms with Gasteiger partial charge in [-0.3, -0.25) is 9.59 Å². The largest absolute Gasteiger partial charge is 0.378 e. The highest BCUT2D eigenvalue weighted by Crippen LogP contribution is 2.26. The van der Waals surface area contributed by atoms with Gasteiger partial charge < -0.3 is 20.1 Å². The predicted octanol–water partition coefficient (Wildman–Crippen LogP) is 1.77. The lowest BCUT2D eigenvalue weighted by molar-refractivity contribution is -0.132. The molecule has 0 unspecified atom stereocenters. The third kappa shape index (κ3) is 4.91. The van der Waals surface area contributed by atoms with Crippen molar-refractivity contribution in [3.05, 3.63) is 48.0 Å². The number of amides is 2. The Hall–Kier alpha value is -2.83. The van der Waals surface area contributed by atoms with Crippen molar-refractivity contribution in [2.45, 2.75) is 38.1 Å². The van der Waals surface area contributed by atoms with E-state index in [1.807, 2.05) is 19.0 Å². The van der Waals surface area contributed by atoms with Gasteiger partial charge in [-0.1, -0.05) is 12.1 Å². The molecular weight excluding hydrogens is 354 g/mol. The number of anilines is 1. The third-order valence-electron chi connectivity index (χ3n) is 5.29. The van der Waals surface area contributed by atoms with Crippen LogP contribution < -0.4 is 10.6 Å². The van der Waals surface area contributed by atoms with Crippen molar-refractivity contribution in [3.63, 3.8) is 0 Å². The lowest BCUT2D eigenvalue weighted by Crippen LogP contribution is -2.40. The second-order valence-electron chi connectivity index (χ2n) is 7.62. The van der Waals surface area contributed by atoms with Gasteiger partial charge in [0, 0.05) is 57.6 Å². The fourth-order valence-electron chi connectivity index (χ4n) is 3.77. The van der Waals surface area contributed by atoms with Crippen LogP contribution in [0.15, 0.2) is 36.7 Å². The van der Waals surface area contributed by atoms with E-state index in [1.165, 1.54) is 5.56 Å². The van der Waals surface area contributed by atoms with Crippen LogP contribution in [0.5, 0.6) is 0 Å². The number of nitrogens with zero attached hydrogens (tertiary/aromatic N) is 4. The van der Waals surface area contributed by atoms with E-state index in [4.69, 9.17) is 5.73 Å². The van der Waals surface area contributed by atoms with Crippen molar-refractivity contribution in [2.75, 3.05) is 32.1 Å². The van der Waals surface area contributed by atoms with Crippen molar-refractivity contribution < 1.29 is 9.59 Å². The summed E-state index contributed by atoms with van der Waals surface area (Å²) in [6.45, 7) is 1.56. The van der Waals surface area contributed by atoms with Gasteiger partial charge in [-0.15, -0.1) is 0 Å². The number of piperidine rings is 1. The first kappa shape index (κ1) is 19.9. The molecule has 0 saturated carbocycles. The SMILES string of the molecule is CN(C)c1ccc(CCC(=O)N2CCC[C@@H](c3nccn3CC(N)=O)C2)cc1. The van der Waals surface area contributed by atoms with E-state index in [0.29, 0.717) is 13.0 Å². The van der Waals surface area contributed by atoms with Crippen LogP contribution in [0.1, 0.15) is 36.6 Å². The van der Waals surface area contributed by atoms with E-state index in [-0.39, 0.29) is 24.3 Å². The van der Waals surface area contributed by atoms with Gasteiger partial charge in [-0.2, -0.15) is 0 Å². The number of aromatic nitrogens is 2. The molecule has 0 aliphatic carbocycles. The Morgan fingerprint density at radius 1 is 1.25 bits per heavy atom. The van der Waals surface area contributed by atoms with Crippen LogP contribution >= 0.6 is 0 Å². The summed E-state index contributed by atoms with van der Waals surface area (Å²) in [5.74, 6) is 0.777. The zero-order valence-electron chi connectivity index (χ0n) is 16.7. The summed E-state index contributed by atoms with van der Waals surface area (Å²) in [4.78, 5) is 32.4. The Kier molecular flexibility index (Phi) is 6.34. The normalized spacial score (nSPS) is 16.8. The molecule has 1 aliphatic rings. The maximum atomic E-state index is 12.7. The Bertz CT molecular complexity index is 812. The Labute approximate surface area is 166 Å². The summed E-state index contributed by atoms with van der Waals surface area (Å²) in [6, 6.07) is 8.33. The van der Waals surface area contributed by atoms with Gasteiger partial charge in [0.25, 0.3) is 0 Å². The first-order valence-electron chi connectivity index (χ1n) is 9.77. The number of likely N-dealkylation sites (tertiary alicyclic amines) is 1. The highest BCUT2D eigenvalue weighted by atomic mass is 16.2. The van der Waals surface area contributed by atoms with Crippen molar-refractivity contribution in [1.82, 2.24) is 14.5 Å². The average molecular weight is 383 g/mol. The molecule has 7 nitrogen and oxygen atoms in total. The fraction of sp³-hybridized carbons (Fsp3) is 0.476. The van der Waals surface area contributed by atoms with Gasteiger partial charge in [-0.25, -0.2) is 4.98 Å². The maximum Gasteiger partial charge on any atom is 0.237 e. The molecule has 1 saturated heterocycles. The number of nitrogens with two attached hydrogens (primary N) is 1. The van der Waals surface area contributed by atoms with Crippen LogP contribution in [-0.4, -0.2) is 53.5 Å². The van der Waals surface area contributed by atoms with Crippen LogP contribution in [-0.2, 0) is 22.6 Å². The molecule has 2 amide bonds. The second kappa shape index (κ2) is 8.91. The van der Waals surface area contributed by atoms with Gasteiger partial charge >= 0.3 is 0 Å². The van der Waals surface area contributed by atoms with Crippen LogP contribution in [0, 0.1) is 0 Å². The van der Waals surface area contributed by atoms with Crippen LogP contribution in [0.2, 0.25) is 0 Å². The van der Waals surface area contributed by atoms with E-state index in [1.54, 1.807) is 17.0 Å². The second-order valence-corrected chi connectivity index (χ2v) is 7.62. The number of aryl methyl sites for hydroxylation is 1. The van der Waals surface area contributed by atoms with Gasteiger partial charge in [0.15, 0.2) is 0 Å². The molecule has 7 heteroatoms. The quantitative estimate of drug-likeness (QED) is 0.790.